The molecule has 0 spiro atoms. The summed E-state index contributed by atoms with van der Waals surface area (Å²) < 4.78 is 16.5. The summed E-state index contributed by atoms with van der Waals surface area (Å²) in [5.74, 6) is 1.94. The lowest BCUT2D eigenvalue weighted by atomic mass is 10.1. The highest BCUT2D eigenvalue weighted by atomic mass is 16.5. The van der Waals surface area contributed by atoms with E-state index >= 15 is 0 Å². The van der Waals surface area contributed by atoms with Gasteiger partial charge in [-0.3, -0.25) is 4.79 Å². The molecule has 1 N–H and O–H groups in total. The summed E-state index contributed by atoms with van der Waals surface area (Å²) in [5, 5.41) is 3.01. The molecule has 2 rings (SSSR count). The number of carbonyl (C=O) groups excluding carboxylic acids is 1. The molecule has 1 amide bonds. The van der Waals surface area contributed by atoms with Gasteiger partial charge in [-0.2, -0.15) is 0 Å². The molecule has 0 radical (unpaired) electrons. The van der Waals surface area contributed by atoms with Crippen LogP contribution in [0.25, 0.3) is 0 Å². The van der Waals surface area contributed by atoms with Crippen LogP contribution in [0, 0.1) is 6.92 Å². The van der Waals surface area contributed by atoms with Gasteiger partial charge in [-0.15, -0.1) is 0 Å². The molecular formula is C21H27NO4. The normalized spacial score (nSPS) is 11.6. The maximum absolute atomic E-state index is 12.6. The van der Waals surface area contributed by atoms with Crippen LogP contribution in [0.4, 0.5) is 0 Å². The molecule has 26 heavy (non-hydrogen) atoms. The molecule has 0 saturated heterocycles. The Labute approximate surface area is 155 Å². The third-order valence-corrected chi connectivity index (χ3v) is 4.09. The zero-order chi connectivity index (χ0) is 19.1. The Kier molecular flexibility index (Phi) is 6.89. The van der Waals surface area contributed by atoms with Crippen LogP contribution in [0.5, 0.6) is 17.2 Å². The van der Waals surface area contributed by atoms with Crippen LogP contribution in [0.3, 0.4) is 0 Å². The van der Waals surface area contributed by atoms with Gasteiger partial charge in [0.05, 0.1) is 26.4 Å². The second-order valence-electron chi connectivity index (χ2n) is 5.95. The number of aryl methyl sites for hydroxylation is 1. The van der Waals surface area contributed by atoms with Gasteiger partial charge in [-0.1, -0.05) is 12.1 Å². The molecule has 0 fully saturated rings. The van der Waals surface area contributed by atoms with Gasteiger partial charge in [0.25, 0.3) is 5.91 Å². The average molecular weight is 357 g/mol. The predicted molar refractivity (Wildman–Crippen MR) is 102 cm³/mol. The fourth-order valence-electron chi connectivity index (χ4n) is 2.66. The van der Waals surface area contributed by atoms with E-state index in [0.717, 1.165) is 11.1 Å². The molecule has 0 aliphatic rings. The maximum atomic E-state index is 12.6. The van der Waals surface area contributed by atoms with Gasteiger partial charge in [0.1, 0.15) is 5.75 Å². The van der Waals surface area contributed by atoms with Gasteiger partial charge in [-0.05, 0) is 63.1 Å². The fraction of sp³-hybridized carbons (Fsp3) is 0.381. The number of hydrogen-bond acceptors (Lipinski definition) is 4. The molecule has 140 valence electrons. The Morgan fingerprint density at radius 3 is 2.35 bits per heavy atom. The number of hydrogen-bond donors (Lipinski definition) is 1. The smallest absolute Gasteiger partial charge is 0.251 e. The van der Waals surface area contributed by atoms with Crippen molar-refractivity contribution >= 4 is 5.91 Å². The van der Waals surface area contributed by atoms with Crippen LogP contribution in [-0.2, 0) is 0 Å². The van der Waals surface area contributed by atoms with E-state index in [-0.39, 0.29) is 11.9 Å². The third kappa shape index (κ3) is 4.69. The maximum Gasteiger partial charge on any atom is 0.251 e. The summed E-state index contributed by atoms with van der Waals surface area (Å²) in [6.07, 6.45) is 0. The van der Waals surface area contributed by atoms with Gasteiger partial charge in [0.15, 0.2) is 11.5 Å². The Morgan fingerprint density at radius 2 is 1.69 bits per heavy atom. The summed E-state index contributed by atoms with van der Waals surface area (Å²) in [6, 6.07) is 11.0. The molecular weight excluding hydrogens is 330 g/mol. The van der Waals surface area contributed by atoms with Crippen LogP contribution >= 0.6 is 0 Å². The molecule has 2 aromatic carbocycles. The van der Waals surface area contributed by atoms with E-state index in [4.69, 9.17) is 14.2 Å². The Bertz CT molecular complexity index is 758. The zero-order valence-electron chi connectivity index (χ0n) is 16.1. The molecule has 0 saturated carbocycles. The van der Waals surface area contributed by atoms with Crippen molar-refractivity contribution in [3.63, 3.8) is 0 Å². The highest BCUT2D eigenvalue weighted by Crippen LogP contribution is 2.31. The van der Waals surface area contributed by atoms with Crippen molar-refractivity contribution in [2.24, 2.45) is 0 Å². The van der Waals surface area contributed by atoms with Gasteiger partial charge in [0, 0.05) is 5.56 Å². The lowest BCUT2D eigenvalue weighted by Gasteiger charge is -2.18. The molecule has 5 heteroatoms. The number of nitrogens with one attached hydrogen (secondary N) is 1. The largest absolute Gasteiger partial charge is 0.496 e. The number of ether oxygens (including phenoxy) is 3. The van der Waals surface area contributed by atoms with Gasteiger partial charge < -0.3 is 19.5 Å². The molecule has 1 atom stereocenters. The predicted octanol–water partition coefficient (Wildman–Crippen LogP) is 4.29. The van der Waals surface area contributed by atoms with Crippen LogP contribution < -0.4 is 19.5 Å². The van der Waals surface area contributed by atoms with E-state index in [1.54, 1.807) is 19.2 Å². The molecule has 0 aliphatic heterocycles. The minimum Gasteiger partial charge on any atom is -0.496 e. The number of amides is 1. The van der Waals surface area contributed by atoms with Crippen molar-refractivity contribution in [1.29, 1.82) is 0 Å². The summed E-state index contributed by atoms with van der Waals surface area (Å²) in [5.41, 5.74) is 2.50. The van der Waals surface area contributed by atoms with E-state index in [0.29, 0.717) is 36.0 Å². The average Bonchev–Trinajstić information content (AvgIpc) is 2.63. The molecule has 5 nitrogen and oxygen atoms in total. The summed E-state index contributed by atoms with van der Waals surface area (Å²) in [6.45, 7) is 8.86. The van der Waals surface area contributed by atoms with Gasteiger partial charge in [0.2, 0.25) is 0 Å². The van der Waals surface area contributed by atoms with Gasteiger partial charge in [-0.25, -0.2) is 0 Å². The molecule has 0 heterocycles. The van der Waals surface area contributed by atoms with Gasteiger partial charge >= 0.3 is 0 Å². The summed E-state index contributed by atoms with van der Waals surface area (Å²) in [4.78, 5) is 12.6. The number of rotatable bonds is 8. The van der Waals surface area contributed by atoms with E-state index in [9.17, 15) is 4.79 Å². The van der Waals surface area contributed by atoms with Crippen LogP contribution in [0.2, 0.25) is 0 Å². The van der Waals surface area contributed by atoms with E-state index in [2.05, 4.69) is 5.32 Å². The van der Waals surface area contributed by atoms with Crippen molar-refractivity contribution in [1.82, 2.24) is 5.32 Å². The van der Waals surface area contributed by atoms with Crippen LogP contribution in [0.15, 0.2) is 36.4 Å². The number of carbonyl (C=O) groups is 1. The topological polar surface area (TPSA) is 56.8 Å². The summed E-state index contributed by atoms with van der Waals surface area (Å²) >= 11 is 0. The van der Waals surface area contributed by atoms with E-state index in [1.165, 1.54) is 0 Å². The molecule has 0 aromatic heterocycles. The highest BCUT2D eigenvalue weighted by Gasteiger charge is 2.15. The molecule has 0 bridgehead atoms. The monoisotopic (exact) mass is 357 g/mol. The first-order valence-corrected chi connectivity index (χ1v) is 8.85. The second-order valence-corrected chi connectivity index (χ2v) is 5.95. The Morgan fingerprint density at radius 1 is 1.00 bits per heavy atom. The van der Waals surface area contributed by atoms with Crippen molar-refractivity contribution in [3.05, 3.63) is 53.1 Å². The first-order valence-electron chi connectivity index (χ1n) is 8.85. The standard InChI is InChI=1S/C21H27NO4/c1-6-25-18-11-10-16(12-20(18)26-7-2)15(4)22-21(23)17-9-8-14(3)19(13-17)24-5/h8-13,15H,6-7H2,1-5H3,(H,22,23)/t15-/m0/s1. The van der Waals surface area contributed by atoms with E-state index < -0.39 is 0 Å². The minimum atomic E-state index is -0.176. The molecule has 0 unspecified atom stereocenters. The third-order valence-electron chi connectivity index (χ3n) is 4.09. The first-order chi connectivity index (χ1) is 12.5. The fourth-order valence-corrected chi connectivity index (χ4v) is 2.66. The van der Waals surface area contributed by atoms with Crippen molar-refractivity contribution in [3.8, 4) is 17.2 Å². The SMILES string of the molecule is CCOc1ccc([C@H](C)NC(=O)c2ccc(C)c(OC)c2)cc1OCC. The first kappa shape index (κ1) is 19.6. The van der Waals surface area contributed by atoms with Crippen molar-refractivity contribution < 1.29 is 19.0 Å². The van der Waals surface area contributed by atoms with E-state index in [1.807, 2.05) is 52.0 Å². The quantitative estimate of drug-likeness (QED) is 0.766. The highest BCUT2D eigenvalue weighted by molar-refractivity contribution is 5.95. The minimum absolute atomic E-state index is 0.150. The van der Waals surface area contributed by atoms with Crippen LogP contribution in [-0.4, -0.2) is 26.2 Å². The van der Waals surface area contributed by atoms with Crippen LogP contribution in [0.1, 0.15) is 48.3 Å². The Balaban J connectivity index is 2.17. The lowest BCUT2D eigenvalue weighted by molar-refractivity contribution is 0.0939. The lowest BCUT2D eigenvalue weighted by Crippen LogP contribution is -2.26. The number of benzene rings is 2. The Hall–Kier alpha value is -2.69. The zero-order valence-corrected chi connectivity index (χ0v) is 16.1. The van der Waals surface area contributed by atoms with Crippen molar-refractivity contribution in [2.45, 2.75) is 33.7 Å². The molecule has 0 aliphatic carbocycles. The molecule has 2 aromatic rings. The second kappa shape index (κ2) is 9.13. The number of methoxy groups -OCH3 is 1. The summed E-state index contributed by atoms with van der Waals surface area (Å²) in [7, 11) is 1.60. The van der Waals surface area contributed by atoms with Crippen molar-refractivity contribution in [2.75, 3.05) is 20.3 Å².